The summed E-state index contributed by atoms with van der Waals surface area (Å²) in [6.07, 6.45) is 0.199. The third-order valence-electron chi connectivity index (χ3n) is 3.81. The molecule has 0 saturated heterocycles. The summed E-state index contributed by atoms with van der Waals surface area (Å²) < 4.78 is 11.1. The van der Waals surface area contributed by atoms with Crippen molar-refractivity contribution in [2.75, 3.05) is 13.2 Å². The highest BCUT2D eigenvalue weighted by atomic mass is 35.5. The van der Waals surface area contributed by atoms with E-state index in [1.807, 2.05) is 25.1 Å². The molecule has 4 nitrogen and oxygen atoms in total. The summed E-state index contributed by atoms with van der Waals surface area (Å²) in [6.45, 7) is 3.01. The first-order chi connectivity index (χ1) is 11.5. The average Bonchev–Trinajstić information content (AvgIpc) is 2.57. The predicted molar refractivity (Wildman–Crippen MR) is 94.2 cm³/mol. The van der Waals surface area contributed by atoms with Crippen molar-refractivity contribution < 1.29 is 14.3 Å². The number of carbonyl (C=O) groups excluding carboxylic acids is 1. The molecule has 0 aromatic heterocycles. The first kappa shape index (κ1) is 16.9. The number of carbonyl (C=O) groups is 1. The molecule has 0 bridgehead atoms. The molecule has 1 heterocycles. The Labute approximate surface area is 150 Å². The number of hydrogen-bond donors (Lipinski definition) is 1. The Balaban J connectivity index is 1.65. The lowest BCUT2D eigenvalue weighted by molar-refractivity contribution is -0.121. The van der Waals surface area contributed by atoms with Gasteiger partial charge in [-0.1, -0.05) is 35.3 Å². The Morgan fingerprint density at radius 1 is 1.12 bits per heavy atom. The maximum absolute atomic E-state index is 12.3. The largest absolute Gasteiger partial charge is 0.486 e. The standard InChI is InChI=1S/C18H17Cl2NO3/c1-11(12-3-5-16-17(8-12)24-7-6-23-16)21-18(22)9-13-2-4-14(19)10-15(13)20/h2-5,8,10-11H,6-7,9H2,1H3,(H,21,22)/t11-/m0/s1. The molecule has 0 fully saturated rings. The molecule has 1 N–H and O–H groups in total. The second kappa shape index (κ2) is 7.32. The van der Waals surface area contributed by atoms with E-state index in [1.165, 1.54) is 0 Å². The molecule has 126 valence electrons. The van der Waals surface area contributed by atoms with E-state index in [1.54, 1.807) is 18.2 Å². The van der Waals surface area contributed by atoms with Crippen LogP contribution >= 0.6 is 23.2 Å². The molecule has 1 aliphatic rings. The van der Waals surface area contributed by atoms with Crippen molar-refractivity contribution in [2.24, 2.45) is 0 Å². The van der Waals surface area contributed by atoms with Gasteiger partial charge in [0, 0.05) is 10.0 Å². The van der Waals surface area contributed by atoms with E-state index in [0.717, 1.165) is 16.9 Å². The van der Waals surface area contributed by atoms with Crippen LogP contribution in [0.5, 0.6) is 11.5 Å². The molecular formula is C18H17Cl2NO3. The minimum absolute atomic E-state index is 0.110. The quantitative estimate of drug-likeness (QED) is 0.883. The molecule has 0 spiro atoms. The van der Waals surface area contributed by atoms with Gasteiger partial charge >= 0.3 is 0 Å². The van der Waals surface area contributed by atoms with Crippen LogP contribution in [0.2, 0.25) is 10.0 Å². The highest BCUT2D eigenvalue weighted by Crippen LogP contribution is 2.32. The van der Waals surface area contributed by atoms with Gasteiger partial charge in [0.1, 0.15) is 13.2 Å². The molecule has 6 heteroatoms. The van der Waals surface area contributed by atoms with Crippen molar-refractivity contribution in [1.29, 1.82) is 0 Å². The third-order valence-corrected chi connectivity index (χ3v) is 4.40. The fourth-order valence-electron chi connectivity index (χ4n) is 2.54. The molecule has 1 atom stereocenters. The number of amides is 1. The van der Waals surface area contributed by atoms with Crippen LogP contribution in [0.15, 0.2) is 36.4 Å². The maximum atomic E-state index is 12.3. The van der Waals surface area contributed by atoms with Gasteiger partial charge in [-0.3, -0.25) is 4.79 Å². The van der Waals surface area contributed by atoms with E-state index in [0.29, 0.717) is 29.0 Å². The number of halogens is 2. The minimum atomic E-state index is -0.153. The van der Waals surface area contributed by atoms with E-state index in [2.05, 4.69) is 5.32 Å². The summed E-state index contributed by atoms with van der Waals surface area (Å²) in [7, 11) is 0. The Kier molecular flexibility index (Phi) is 5.17. The summed E-state index contributed by atoms with van der Waals surface area (Å²) >= 11 is 12.0. The number of fused-ring (bicyclic) bond motifs is 1. The summed E-state index contributed by atoms with van der Waals surface area (Å²) in [4.78, 5) is 12.3. The van der Waals surface area contributed by atoms with Gasteiger partial charge in [-0.15, -0.1) is 0 Å². The third kappa shape index (κ3) is 3.94. The van der Waals surface area contributed by atoms with Gasteiger partial charge in [-0.2, -0.15) is 0 Å². The molecule has 2 aromatic carbocycles. The number of benzene rings is 2. The van der Waals surface area contributed by atoms with Crippen LogP contribution in [0.4, 0.5) is 0 Å². The number of rotatable bonds is 4. The molecule has 0 saturated carbocycles. The molecule has 1 amide bonds. The van der Waals surface area contributed by atoms with Gasteiger partial charge in [0.15, 0.2) is 11.5 Å². The highest BCUT2D eigenvalue weighted by Gasteiger charge is 2.16. The fourth-order valence-corrected chi connectivity index (χ4v) is 3.02. The van der Waals surface area contributed by atoms with Crippen LogP contribution < -0.4 is 14.8 Å². The van der Waals surface area contributed by atoms with Gasteiger partial charge in [-0.25, -0.2) is 0 Å². The van der Waals surface area contributed by atoms with Crippen LogP contribution in [-0.4, -0.2) is 19.1 Å². The second-order valence-electron chi connectivity index (χ2n) is 5.60. The Morgan fingerprint density at radius 3 is 2.62 bits per heavy atom. The Bertz CT molecular complexity index is 764. The normalized spacial score (nSPS) is 14.1. The predicted octanol–water partition coefficient (Wildman–Crippen LogP) is 4.18. The molecule has 3 rings (SSSR count). The van der Waals surface area contributed by atoms with Gasteiger partial charge in [0.2, 0.25) is 5.91 Å². The molecule has 2 aromatic rings. The monoisotopic (exact) mass is 365 g/mol. The first-order valence-electron chi connectivity index (χ1n) is 7.66. The van der Waals surface area contributed by atoms with Crippen molar-refractivity contribution in [3.05, 3.63) is 57.6 Å². The lowest BCUT2D eigenvalue weighted by atomic mass is 10.1. The zero-order chi connectivity index (χ0) is 17.1. The van der Waals surface area contributed by atoms with Crippen molar-refractivity contribution in [3.63, 3.8) is 0 Å². The van der Waals surface area contributed by atoms with Gasteiger partial charge in [0.25, 0.3) is 0 Å². The summed E-state index contributed by atoms with van der Waals surface area (Å²) in [5.41, 5.74) is 1.70. The SMILES string of the molecule is C[C@H](NC(=O)Cc1ccc(Cl)cc1Cl)c1ccc2c(c1)OCCO2. The molecule has 0 radical (unpaired) electrons. The van der Waals surface area contributed by atoms with Crippen molar-refractivity contribution >= 4 is 29.1 Å². The average molecular weight is 366 g/mol. The molecule has 0 unspecified atom stereocenters. The van der Waals surface area contributed by atoms with Crippen molar-refractivity contribution in [2.45, 2.75) is 19.4 Å². The lowest BCUT2D eigenvalue weighted by Gasteiger charge is -2.21. The molecule has 0 aliphatic carbocycles. The zero-order valence-electron chi connectivity index (χ0n) is 13.1. The van der Waals surface area contributed by atoms with E-state index < -0.39 is 0 Å². The van der Waals surface area contributed by atoms with E-state index in [-0.39, 0.29) is 18.4 Å². The number of ether oxygens (including phenoxy) is 2. The van der Waals surface area contributed by atoms with Crippen LogP contribution in [-0.2, 0) is 11.2 Å². The Hall–Kier alpha value is -1.91. The fraction of sp³-hybridized carbons (Fsp3) is 0.278. The zero-order valence-corrected chi connectivity index (χ0v) is 14.7. The second-order valence-corrected chi connectivity index (χ2v) is 6.45. The minimum Gasteiger partial charge on any atom is -0.486 e. The lowest BCUT2D eigenvalue weighted by Crippen LogP contribution is -2.28. The van der Waals surface area contributed by atoms with Crippen LogP contribution in [0, 0.1) is 0 Å². The summed E-state index contributed by atoms with van der Waals surface area (Å²) in [6, 6.07) is 10.7. The van der Waals surface area contributed by atoms with Crippen LogP contribution in [0.3, 0.4) is 0 Å². The topological polar surface area (TPSA) is 47.6 Å². The van der Waals surface area contributed by atoms with E-state index in [4.69, 9.17) is 32.7 Å². The molecular weight excluding hydrogens is 349 g/mol. The number of hydrogen-bond acceptors (Lipinski definition) is 3. The first-order valence-corrected chi connectivity index (χ1v) is 8.41. The van der Waals surface area contributed by atoms with Gasteiger partial charge < -0.3 is 14.8 Å². The molecule has 1 aliphatic heterocycles. The van der Waals surface area contributed by atoms with Crippen molar-refractivity contribution in [1.82, 2.24) is 5.32 Å². The van der Waals surface area contributed by atoms with E-state index >= 15 is 0 Å². The maximum Gasteiger partial charge on any atom is 0.224 e. The van der Waals surface area contributed by atoms with E-state index in [9.17, 15) is 4.79 Å². The van der Waals surface area contributed by atoms with Crippen LogP contribution in [0.25, 0.3) is 0 Å². The summed E-state index contributed by atoms with van der Waals surface area (Å²) in [5, 5.41) is 4.01. The van der Waals surface area contributed by atoms with Crippen LogP contribution in [0.1, 0.15) is 24.1 Å². The number of nitrogens with one attached hydrogen (secondary N) is 1. The van der Waals surface area contributed by atoms with Gasteiger partial charge in [-0.05, 0) is 42.3 Å². The van der Waals surface area contributed by atoms with Gasteiger partial charge in [0.05, 0.1) is 12.5 Å². The smallest absolute Gasteiger partial charge is 0.224 e. The highest BCUT2D eigenvalue weighted by molar-refractivity contribution is 6.35. The van der Waals surface area contributed by atoms with Crippen molar-refractivity contribution in [3.8, 4) is 11.5 Å². The summed E-state index contributed by atoms with van der Waals surface area (Å²) in [5.74, 6) is 1.33. The molecule has 24 heavy (non-hydrogen) atoms. The Morgan fingerprint density at radius 2 is 1.88 bits per heavy atom.